The highest BCUT2D eigenvalue weighted by atomic mass is 35.5. The van der Waals surface area contributed by atoms with Gasteiger partial charge in [0.05, 0.1) is 32.1 Å². The quantitative estimate of drug-likeness (QED) is 0.236. The number of nitrogen functional groups attached to an aromatic ring is 1. The first kappa shape index (κ1) is 23.2. The number of nitrogens with zero attached hydrogens (tertiary/aromatic N) is 4. The highest BCUT2D eigenvalue weighted by Crippen LogP contribution is 2.25. The van der Waals surface area contributed by atoms with Gasteiger partial charge in [0.25, 0.3) is 0 Å². The molecule has 0 spiro atoms. The number of halogens is 1. The molecule has 8 nitrogen and oxygen atoms in total. The van der Waals surface area contributed by atoms with Crippen LogP contribution in [0.25, 0.3) is 10.8 Å². The van der Waals surface area contributed by atoms with Crippen molar-refractivity contribution in [3.63, 3.8) is 0 Å². The van der Waals surface area contributed by atoms with Gasteiger partial charge < -0.3 is 20.5 Å². The molecule has 3 N–H and O–H groups in total. The van der Waals surface area contributed by atoms with E-state index in [-0.39, 0.29) is 0 Å². The smallest absolute Gasteiger partial charge is 0.137 e. The Hall–Kier alpha value is -3.93. The van der Waals surface area contributed by atoms with Gasteiger partial charge in [0, 0.05) is 47.9 Å². The van der Waals surface area contributed by atoms with E-state index in [4.69, 9.17) is 26.8 Å². The number of anilines is 2. The Morgan fingerprint density at radius 2 is 1.94 bits per heavy atom. The van der Waals surface area contributed by atoms with Gasteiger partial charge in [0.2, 0.25) is 0 Å². The Balaban J connectivity index is 1.57. The van der Waals surface area contributed by atoms with Gasteiger partial charge >= 0.3 is 0 Å². The number of hydrogen-bond donors (Lipinski definition) is 2. The number of rotatable bonds is 7. The first-order valence-electron chi connectivity index (χ1n) is 10.5. The van der Waals surface area contributed by atoms with Crippen LogP contribution in [0.4, 0.5) is 11.6 Å². The second-order valence-electron chi connectivity index (χ2n) is 7.31. The fourth-order valence-corrected chi connectivity index (χ4v) is 3.53. The molecule has 0 radical (unpaired) electrons. The lowest BCUT2D eigenvalue weighted by Gasteiger charge is -2.09. The van der Waals surface area contributed by atoms with E-state index in [0.717, 1.165) is 27.6 Å². The van der Waals surface area contributed by atoms with Gasteiger partial charge in [-0.2, -0.15) is 0 Å². The van der Waals surface area contributed by atoms with Crippen molar-refractivity contribution < 1.29 is 9.47 Å². The average molecular weight is 475 g/mol. The Labute approximate surface area is 202 Å². The lowest BCUT2D eigenvalue weighted by molar-refractivity contribution is 0.122. The average Bonchev–Trinajstić information content (AvgIpc) is 2.85. The maximum absolute atomic E-state index is 5.95. The summed E-state index contributed by atoms with van der Waals surface area (Å²) < 4.78 is 11.2. The molecule has 4 aromatic heterocycles. The molecule has 172 valence electrons. The third-order valence-corrected chi connectivity index (χ3v) is 5.27. The molecule has 4 aromatic rings. The van der Waals surface area contributed by atoms with Gasteiger partial charge in [-0.25, -0.2) is 19.9 Å². The Morgan fingerprint density at radius 3 is 2.74 bits per heavy atom. The zero-order valence-electron chi connectivity index (χ0n) is 18.8. The first-order chi connectivity index (χ1) is 16.6. The summed E-state index contributed by atoms with van der Waals surface area (Å²) in [6, 6.07) is 9.19. The number of pyridine rings is 4. The van der Waals surface area contributed by atoms with Crippen LogP contribution in [0.3, 0.4) is 0 Å². The molecule has 0 aliphatic carbocycles. The maximum Gasteiger partial charge on any atom is 0.137 e. The van der Waals surface area contributed by atoms with Gasteiger partial charge in [-0.1, -0.05) is 23.6 Å². The van der Waals surface area contributed by atoms with Crippen molar-refractivity contribution in [2.24, 2.45) is 0 Å². The Morgan fingerprint density at radius 1 is 1.06 bits per heavy atom. The fraction of sp³-hybridized carbons (Fsp3) is 0.200. The predicted molar refractivity (Wildman–Crippen MR) is 133 cm³/mol. The molecule has 4 rings (SSSR count). The van der Waals surface area contributed by atoms with Crippen LogP contribution in [-0.4, -0.2) is 40.7 Å². The number of aromatic nitrogens is 4. The number of methoxy groups -OCH3 is 1. The van der Waals surface area contributed by atoms with Crippen LogP contribution in [0.5, 0.6) is 5.75 Å². The third-order valence-electron chi connectivity index (χ3n) is 5.06. The maximum atomic E-state index is 5.95. The first-order valence-corrected chi connectivity index (χ1v) is 10.9. The molecule has 0 aliphatic rings. The second kappa shape index (κ2) is 10.8. The molecule has 0 aliphatic heterocycles. The van der Waals surface area contributed by atoms with E-state index in [1.54, 1.807) is 44.9 Å². The number of fused-ring (bicyclic) bond motifs is 1. The van der Waals surface area contributed by atoms with Crippen molar-refractivity contribution in [3.8, 4) is 17.6 Å². The highest BCUT2D eigenvalue weighted by molar-refractivity contribution is 6.29. The van der Waals surface area contributed by atoms with Gasteiger partial charge in [0.15, 0.2) is 0 Å². The zero-order chi connectivity index (χ0) is 23.9. The summed E-state index contributed by atoms with van der Waals surface area (Å²) in [5.74, 6) is 8.07. The van der Waals surface area contributed by atoms with Crippen molar-refractivity contribution in [3.05, 3.63) is 76.6 Å². The fourth-order valence-electron chi connectivity index (χ4n) is 3.35. The third kappa shape index (κ3) is 5.52. The van der Waals surface area contributed by atoms with E-state index in [1.165, 1.54) is 0 Å². The lowest BCUT2D eigenvalue weighted by atomic mass is 10.1. The topological polar surface area (TPSA) is 108 Å². The normalized spacial score (nSPS) is 10.6. The molecule has 0 saturated heterocycles. The van der Waals surface area contributed by atoms with Crippen molar-refractivity contribution in [2.45, 2.75) is 13.0 Å². The minimum absolute atomic E-state index is 0.323. The zero-order valence-corrected chi connectivity index (χ0v) is 19.6. The Kier molecular flexibility index (Phi) is 7.38. The molecule has 9 heteroatoms. The highest BCUT2D eigenvalue weighted by Gasteiger charge is 2.08. The molecule has 0 saturated carbocycles. The number of nitrogens with one attached hydrogen (secondary N) is 1. The van der Waals surface area contributed by atoms with Crippen LogP contribution in [0, 0.1) is 11.8 Å². The van der Waals surface area contributed by atoms with Crippen molar-refractivity contribution in [1.82, 2.24) is 19.9 Å². The summed E-state index contributed by atoms with van der Waals surface area (Å²) in [7, 11) is 3.40. The minimum Gasteiger partial charge on any atom is -0.495 e. The molecule has 0 bridgehead atoms. The van der Waals surface area contributed by atoms with Crippen molar-refractivity contribution in [1.29, 1.82) is 0 Å². The van der Waals surface area contributed by atoms with Gasteiger partial charge in [-0.15, -0.1) is 0 Å². The lowest BCUT2D eigenvalue weighted by Crippen LogP contribution is -2.03. The summed E-state index contributed by atoms with van der Waals surface area (Å²) in [6.07, 6.45) is 5.67. The van der Waals surface area contributed by atoms with Crippen LogP contribution in [0.1, 0.15) is 22.5 Å². The second-order valence-corrected chi connectivity index (χ2v) is 7.70. The summed E-state index contributed by atoms with van der Waals surface area (Å²) in [6.45, 7) is 0.799. The number of hydrogen-bond acceptors (Lipinski definition) is 8. The van der Waals surface area contributed by atoms with Gasteiger partial charge in [-0.05, 0) is 30.2 Å². The molecule has 0 amide bonds. The van der Waals surface area contributed by atoms with Crippen molar-refractivity contribution in [2.75, 3.05) is 31.8 Å². The molecular weight excluding hydrogens is 452 g/mol. The standard InChI is InChI=1S/C25H23ClN6O2/c1-28-25-21-14-30-24(27)11-20(21)16(12-31-25)6-7-22-17(10-19(33-2)13-29-22)15-34-9-8-18-4-3-5-23(26)32-18/h3-5,10-14H,8-9,15H2,1-2H3,(H2,27,30)(H,28,31). The molecule has 4 heterocycles. The van der Waals surface area contributed by atoms with E-state index in [1.807, 2.05) is 18.2 Å². The molecule has 0 unspecified atom stereocenters. The van der Waals surface area contributed by atoms with E-state index >= 15 is 0 Å². The Bertz CT molecular complexity index is 1380. The number of nitrogens with two attached hydrogens (primary N) is 1. The molecule has 34 heavy (non-hydrogen) atoms. The summed E-state index contributed by atoms with van der Waals surface area (Å²) >= 11 is 5.95. The van der Waals surface area contributed by atoms with Crippen LogP contribution < -0.4 is 15.8 Å². The van der Waals surface area contributed by atoms with Crippen LogP contribution in [0.2, 0.25) is 5.15 Å². The molecular formula is C25H23ClN6O2. The largest absolute Gasteiger partial charge is 0.495 e. The SMILES string of the molecule is CNc1ncc(C#Cc2ncc(OC)cc2COCCc2cccc(Cl)n2)c2cc(N)ncc12. The van der Waals surface area contributed by atoms with Crippen LogP contribution >= 0.6 is 11.6 Å². The molecule has 0 fully saturated rings. The van der Waals surface area contributed by atoms with E-state index in [9.17, 15) is 0 Å². The summed E-state index contributed by atoms with van der Waals surface area (Å²) in [5, 5.41) is 5.23. The van der Waals surface area contributed by atoms with E-state index < -0.39 is 0 Å². The monoisotopic (exact) mass is 474 g/mol. The number of ether oxygens (including phenoxy) is 2. The van der Waals surface area contributed by atoms with E-state index in [0.29, 0.717) is 47.9 Å². The molecule has 0 atom stereocenters. The van der Waals surface area contributed by atoms with Crippen LogP contribution in [-0.2, 0) is 17.8 Å². The van der Waals surface area contributed by atoms with Crippen molar-refractivity contribution >= 4 is 34.0 Å². The summed E-state index contributed by atoms with van der Waals surface area (Å²) in [5.41, 5.74) is 8.91. The minimum atomic E-state index is 0.323. The van der Waals surface area contributed by atoms with Gasteiger partial charge in [-0.3, -0.25) is 0 Å². The van der Waals surface area contributed by atoms with Gasteiger partial charge in [0.1, 0.15) is 28.2 Å². The van der Waals surface area contributed by atoms with E-state index in [2.05, 4.69) is 37.1 Å². The van der Waals surface area contributed by atoms with Crippen LogP contribution in [0.15, 0.2) is 48.9 Å². The molecule has 0 aromatic carbocycles. The summed E-state index contributed by atoms with van der Waals surface area (Å²) in [4.78, 5) is 17.4. The predicted octanol–water partition coefficient (Wildman–Crippen LogP) is 3.86.